The number of nitrogens with zero attached hydrogens (tertiary/aromatic N) is 2. The smallest absolute Gasteiger partial charge is 0.203 e. The first-order valence-electron chi connectivity index (χ1n) is 7.42. The number of thiazole rings is 1. The molecule has 0 saturated heterocycles. The minimum atomic E-state index is 0. The number of hydrogen-bond donors (Lipinski definition) is 1. The maximum atomic E-state index is 5.91. The van der Waals surface area contributed by atoms with Gasteiger partial charge in [0.2, 0.25) is 5.13 Å². The molecule has 0 aliphatic heterocycles. The first kappa shape index (κ1) is 20.2. The second kappa shape index (κ2) is 9.56. The molecule has 0 bridgehead atoms. The van der Waals surface area contributed by atoms with Gasteiger partial charge in [0.1, 0.15) is 0 Å². The van der Waals surface area contributed by atoms with Gasteiger partial charge in [0, 0.05) is 16.0 Å². The van der Waals surface area contributed by atoms with E-state index < -0.39 is 0 Å². The minimum Gasteiger partial charge on any atom is -0.493 e. The SMILES string of the molecule is Br.COc1ccc(/C=N/Nc2nc(-c3ccc(Cl)cc3)cs2)cc1OC. The van der Waals surface area contributed by atoms with Crippen molar-refractivity contribution in [3.05, 3.63) is 58.4 Å². The molecule has 0 saturated carbocycles. The zero-order valence-corrected chi connectivity index (χ0v) is 17.4. The molecule has 0 amide bonds. The van der Waals surface area contributed by atoms with Crippen LogP contribution >= 0.6 is 39.9 Å². The number of benzene rings is 2. The topological polar surface area (TPSA) is 55.7 Å². The van der Waals surface area contributed by atoms with Crippen LogP contribution in [0.1, 0.15) is 5.56 Å². The van der Waals surface area contributed by atoms with Crippen LogP contribution in [-0.4, -0.2) is 25.4 Å². The molecule has 8 heteroatoms. The number of hydrazone groups is 1. The van der Waals surface area contributed by atoms with E-state index >= 15 is 0 Å². The molecule has 1 heterocycles. The number of hydrogen-bond acceptors (Lipinski definition) is 6. The van der Waals surface area contributed by atoms with Crippen LogP contribution in [0.2, 0.25) is 5.02 Å². The minimum absolute atomic E-state index is 0. The van der Waals surface area contributed by atoms with Gasteiger partial charge >= 0.3 is 0 Å². The van der Waals surface area contributed by atoms with Crippen LogP contribution < -0.4 is 14.9 Å². The fourth-order valence-corrected chi connectivity index (χ4v) is 2.97. The number of anilines is 1. The number of rotatable bonds is 6. The Morgan fingerprint density at radius 1 is 1.08 bits per heavy atom. The molecule has 0 fully saturated rings. The Balaban J connectivity index is 0.00000243. The van der Waals surface area contributed by atoms with Crippen molar-refractivity contribution in [3.8, 4) is 22.8 Å². The van der Waals surface area contributed by atoms with Crippen molar-refractivity contribution in [3.63, 3.8) is 0 Å². The van der Waals surface area contributed by atoms with Crippen LogP contribution in [0.5, 0.6) is 11.5 Å². The normalized spacial score (nSPS) is 10.4. The first-order chi connectivity index (χ1) is 12.2. The Morgan fingerprint density at radius 3 is 2.50 bits per heavy atom. The van der Waals surface area contributed by atoms with E-state index in [9.17, 15) is 0 Å². The molecular formula is C18H17BrClN3O2S. The van der Waals surface area contributed by atoms with Crippen LogP contribution in [-0.2, 0) is 0 Å². The molecule has 26 heavy (non-hydrogen) atoms. The fraction of sp³-hybridized carbons (Fsp3) is 0.111. The van der Waals surface area contributed by atoms with Crippen molar-refractivity contribution in [1.29, 1.82) is 0 Å². The van der Waals surface area contributed by atoms with Gasteiger partial charge in [-0.25, -0.2) is 4.98 Å². The molecule has 1 aromatic heterocycles. The second-order valence-corrected chi connectivity index (χ2v) is 6.32. The van der Waals surface area contributed by atoms with Crippen LogP contribution in [0.3, 0.4) is 0 Å². The summed E-state index contributed by atoms with van der Waals surface area (Å²) in [5, 5.41) is 7.60. The van der Waals surface area contributed by atoms with E-state index in [1.165, 1.54) is 11.3 Å². The highest BCUT2D eigenvalue weighted by molar-refractivity contribution is 8.93. The maximum Gasteiger partial charge on any atom is 0.203 e. The summed E-state index contributed by atoms with van der Waals surface area (Å²) in [6, 6.07) is 13.2. The van der Waals surface area contributed by atoms with Crippen molar-refractivity contribution >= 4 is 51.3 Å². The van der Waals surface area contributed by atoms with E-state index in [0.29, 0.717) is 21.7 Å². The van der Waals surface area contributed by atoms with Gasteiger partial charge in [0.25, 0.3) is 0 Å². The van der Waals surface area contributed by atoms with Gasteiger partial charge in [0.15, 0.2) is 11.5 Å². The molecule has 0 spiro atoms. The molecular weight excluding hydrogens is 438 g/mol. The van der Waals surface area contributed by atoms with E-state index in [4.69, 9.17) is 21.1 Å². The van der Waals surface area contributed by atoms with Crippen molar-refractivity contribution in [2.75, 3.05) is 19.6 Å². The molecule has 136 valence electrons. The highest BCUT2D eigenvalue weighted by Gasteiger charge is 2.05. The van der Waals surface area contributed by atoms with Crippen molar-refractivity contribution < 1.29 is 9.47 Å². The molecule has 0 aliphatic carbocycles. The number of halogens is 2. The zero-order chi connectivity index (χ0) is 17.6. The zero-order valence-electron chi connectivity index (χ0n) is 14.1. The van der Waals surface area contributed by atoms with E-state index in [2.05, 4.69) is 15.5 Å². The van der Waals surface area contributed by atoms with Gasteiger partial charge in [-0.2, -0.15) is 5.10 Å². The van der Waals surface area contributed by atoms with E-state index in [1.807, 2.05) is 47.8 Å². The maximum absolute atomic E-state index is 5.91. The third kappa shape index (κ3) is 4.97. The van der Waals surface area contributed by atoms with Crippen molar-refractivity contribution in [1.82, 2.24) is 4.98 Å². The number of methoxy groups -OCH3 is 2. The summed E-state index contributed by atoms with van der Waals surface area (Å²) < 4.78 is 10.5. The lowest BCUT2D eigenvalue weighted by molar-refractivity contribution is 0.355. The lowest BCUT2D eigenvalue weighted by Crippen LogP contribution is -1.93. The van der Waals surface area contributed by atoms with Gasteiger partial charge in [-0.3, -0.25) is 5.43 Å². The molecule has 1 N–H and O–H groups in total. The first-order valence-corrected chi connectivity index (χ1v) is 8.68. The van der Waals surface area contributed by atoms with Gasteiger partial charge < -0.3 is 9.47 Å². The van der Waals surface area contributed by atoms with E-state index in [1.54, 1.807) is 20.4 Å². The molecule has 0 unspecified atom stereocenters. The Labute approximate surface area is 171 Å². The Kier molecular flexibility index (Phi) is 7.44. The summed E-state index contributed by atoms with van der Waals surface area (Å²) in [5.41, 5.74) is 5.72. The third-order valence-electron chi connectivity index (χ3n) is 3.43. The van der Waals surface area contributed by atoms with Gasteiger partial charge in [-0.15, -0.1) is 28.3 Å². The van der Waals surface area contributed by atoms with Crippen LogP contribution in [0.4, 0.5) is 5.13 Å². The Bertz CT molecular complexity index is 884. The van der Waals surface area contributed by atoms with E-state index in [-0.39, 0.29) is 17.0 Å². The number of nitrogens with one attached hydrogen (secondary N) is 1. The average Bonchev–Trinajstić information content (AvgIpc) is 3.11. The molecule has 2 aromatic carbocycles. The summed E-state index contributed by atoms with van der Waals surface area (Å²) in [6.07, 6.45) is 1.70. The highest BCUT2D eigenvalue weighted by Crippen LogP contribution is 2.27. The quantitative estimate of drug-likeness (QED) is 0.394. The summed E-state index contributed by atoms with van der Waals surface area (Å²) in [4.78, 5) is 4.51. The Morgan fingerprint density at radius 2 is 1.81 bits per heavy atom. The summed E-state index contributed by atoms with van der Waals surface area (Å²) >= 11 is 7.39. The second-order valence-electron chi connectivity index (χ2n) is 5.03. The van der Waals surface area contributed by atoms with Crippen LogP contribution in [0.15, 0.2) is 52.9 Å². The molecule has 3 aromatic rings. The summed E-state index contributed by atoms with van der Waals surface area (Å²) in [6.45, 7) is 0. The fourth-order valence-electron chi connectivity index (χ4n) is 2.17. The third-order valence-corrected chi connectivity index (χ3v) is 4.42. The van der Waals surface area contributed by atoms with Crippen LogP contribution in [0.25, 0.3) is 11.3 Å². The predicted octanol–water partition coefficient (Wildman–Crippen LogP) is 5.50. The number of aromatic nitrogens is 1. The largest absolute Gasteiger partial charge is 0.493 e. The van der Waals surface area contributed by atoms with Gasteiger partial charge in [0.05, 0.1) is 26.1 Å². The lowest BCUT2D eigenvalue weighted by Gasteiger charge is -2.07. The highest BCUT2D eigenvalue weighted by atomic mass is 79.9. The molecule has 0 atom stereocenters. The summed E-state index contributed by atoms with van der Waals surface area (Å²) in [7, 11) is 3.21. The van der Waals surface area contributed by atoms with Crippen molar-refractivity contribution in [2.24, 2.45) is 5.10 Å². The monoisotopic (exact) mass is 453 g/mol. The standard InChI is InChI=1S/C18H16ClN3O2S.BrH/c1-23-16-8-3-12(9-17(16)24-2)10-20-22-18-21-15(11-25-18)13-4-6-14(19)7-5-13;/h3-11H,1-2H3,(H,21,22);1H/b20-10+;. The predicted molar refractivity (Wildman–Crippen MR) is 114 cm³/mol. The molecule has 3 rings (SSSR count). The van der Waals surface area contributed by atoms with Crippen LogP contribution in [0, 0.1) is 0 Å². The lowest BCUT2D eigenvalue weighted by atomic mass is 10.2. The van der Waals surface area contributed by atoms with Gasteiger partial charge in [-0.1, -0.05) is 23.7 Å². The molecule has 5 nitrogen and oxygen atoms in total. The molecule has 0 radical (unpaired) electrons. The molecule has 0 aliphatic rings. The Hall–Kier alpha value is -2.09. The average molecular weight is 455 g/mol. The van der Waals surface area contributed by atoms with Crippen molar-refractivity contribution in [2.45, 2.75) is 0 Å². The number of ether oxygens (including phenoxy) is 2. The summed E-state index contributed by atoms with van der Waals surface area (Å²) in [5.74, 6) is 1.34. The van der Waals surface area contributed by atoms with Gasteiger partial charge in [-0.05, 0) is 35.9 Å². The van der Waals surface area contributed by atoms with E-state index in [0.717, 1.165) is 16.8 Å².